The molecule has 33 heavy (non-hydrogen) atoms. The molecule has 3 aromatic rings. The Balaban J connectivity index is 1.91. The maximum atomic E-state index is 13.4. The number of hydrogen-bond acceptors (Lipinski definition) is 6. The number of ether oxygens (including phenoxy) is 1. The smallest absolute Gasteiger partial charge is 0.240 e. The Bertz CT molecular complexity index is 1280. The largest absolute Gasteiger partial charge is 0.497 e. The lowest BCUT2D eigenvalue weighted by molar-refractivity contribution is 0.414. The van der Waals surface area contributed by atoms with E-state index in [0.717, 1.165) is 5.56 Å². The molecule has 0 amide bonds. The second-order valence-corrected chi connectivity index (χ2v) is 12.5. The van der Waals surface area contributed by atoms with Gasteiger partial charge in [0.15, 0.2) is 9.84 Å². The molecule has 1 N–H and O–H groups in total. The Kier molecular flexibility index (Phi) is 7.26. The first kappa shape index (κ1) is 24.9. The van der Waals surface area contributed by atoms with E-state index in [4.69, 9.17) is 4.74 Å². The number of methoxy groups -OCH3 is 1. The highest BCUT2D eigenvalue weighted by Crippen LogP contribution is 2.30. The lowest BCUT2D eigenvalue weighted by Crippen LogP contribution is -2.32. The summed E-state index contributed by atoms with van der Waals surface area (Å²) in [7, 11) is -6.38. The number of hydrogen-bond donors (Lipinski definition) is 1. The molecule has 1 unspecified atom stereocenters. The number of nitrogens with zero attached hydrogens (tertiary/aromatic N) is 1. The summed E-state index contributed by atoms with van der Waals surface area (Å²) >= 11 is 0. The van der Waals surface area contributed by atoms with Gasteiger partial charge in [-0.05, 0) is 59.0 Å². The average Bonchev–Trinajstić information content (AvgIpc) is 2.79. The van der Waals surface area contributed by atoms with Crippen LogP contribution in [0.1, 0.15) is 37.1 Å². The Morgan fingerprint density at radius 2 is 1.52 bits per heavy atom. The normalized spacial score (nSPS) is 13.5. The van der Waals surface area contributed by atoms with Gasteiger partial charge in [0.05, 0.1) is 16.9 Å². The number of sulfone groups is 1. The first-order valence-electron chi connectivity index (χ1n) is 10.3. The Hall–Kier alpha value is -2.75. The second-order valence-electron chi connectivity index (χ2n) is 8.62. The Morgan fingerprint density at radius 3 is 2.03 bits per heavy atom. The minimum atomic E-state index is -3.93. The zero-order valence-corrected chi connectivity index (χ0v) is 20.7. The molecule has 7 nitrogen and oxygen atoms in total. The highest BCUT2D eigenvalue weighted by Gasteiger charge is 2.31. The predicted octanol–water partition coefficient (Wildman–Crippen LogP) is 3.88. The molecular weight excluding hydrogens is 460 g/mol. The average molecular weight is 489 g/mol. The molecule has 0 aliphatic carbocycles. The van der Waals surface area contributed by atoms with Gasteiger partial charge in [-0.3, -0.25) is 4.98 Å². The summed E-state index contributed by atoms with van der Waals surface area (Å²) in [5, 5.41) is -1.16. The number of sulfonamides is 1. The molecule has 0 fully saturated rings. The molecule has 0 spiro atoms. The van der Waals surface area contributed by atoms with Crippen molar-refractivity contribution in [2.24, 2.45) is 0 Å². The van der Waals surface area contributed by atoms with Crippen molar-refractivity contribution in [3.05, 3.63) is 84.2 Å². The zero-order valence-electron chi connectivity index (χ0n) is 19.0. The quantitative estimate of drug-likeness (QED) is 0.516. The van der Waals surface area contributed by atoms with Crippen molar-refractivity contribution < 1.29 is 21.6 Å². The van der Waals surface area contributed by atoms with Crippen LogP contribution >= 0.6 is 0 Å². The molecule has 0 saturated carbocycles. The van der Waals surface area contributed by atoms with Gasteiger partial charge in [-0.15, -0.1) is 0 Å². The molecule has 9 heteroatoms. The van der Waals surface area contributed by atoms with Crippen LogP contribution < -0.4 is 9.46 Å². The van der Waals surface area contributed by atoms with Crippen molar-refractivity contribution in [3.63, 3.8) is 0 Å². The summed E-state index contributed by atoms with van der Waals surface area (Å²) in [6.45, 7) is 5.77. The van der Waals surface area contributed by atoms with Crippen molar-refractivity contribution in [2.75, 3.05) is 13.7 Å². The molecule has 1 aromatic heterocycles. The van der Waals surface area contributed by atoms with Crippen molar-refractivity contribution in [1.29, 1.82) is 0 Å². The molecule has 2 aromatic carbocycles. The fourth-order valence-corrected chi connectivity index (χ4v) is 6.10. The van der Waals surface area contributed by atoms with Gasteiger partial charge in [0.25, 0.3) is 0 Å². The van der Waals surface area contributed by atoms with Crippen LogP contribution in [0.5, 0.6) is 5.75 Å². The third-order valence-corrected chi connectivity index (χ3v) is 8.86. The third-order valence-electron chi connectivity index (χ3n) is 5.31. The number of pyridine rings is 1. The predicted molar refractivity (Wildman–Crippen MR) is 127 cm³/mol. The number of rotatable bonds is 8. The van der Waals surface area contributed by atoms with Crippen LogP contribution in [-0.4, -0.2) is 35.5 Å². The first-order valence-corrected chi connectivity index (χ1v) is 13.4. The lowest BCUT2D eigenvalue weighted by atomic mass is 9.87. The van der Waals surface area contributed by atoms with Crippen LogP contribution in [0.25, 0.3) is 0 Å². The molecule has 0 radical (unpaired) electrons. The van der Waals surface area contributed by atoms with Gasteiger partial charge in [-0.1, -0.05) is 39.0 Å². The minimum absolute atomic E-state index is 0.0610. The van der Waals surface area contributed by atoms with Gasteiger partial charge >= 0.3 is 0 Å². The van der Waals surface area contributed by atoms with Crippen molar-refractivity contribution >= 4 is 19.9 Å². The van der Waals surface area contributed by atoms with E-state index < -0.39 is 25.1 Å². The van der Waals surface area contributed by atoms with Crippen LogP contribution in [0.15, 0.2) is 82.8 Å². The van der Waals surface area contributed by atoms with E-state index in [0.29, 0.717) is 11.3 Å². The third kappa shape index (κ3) is 5.79. The summed E-state index contributed by atoms with van der Waals surface area (Å²) in [6, 6.07) is 15.8. The van der Waals surface area contributed by atoms with Gasteiger partial charge in [-0.2, -0.15) is 0 Å². The topological polar surface area (TPSA) is 102 Å². The standard InChI is InChI=1S/C24H28N2O5S2/c1-24(2,3)19-7-11-22(12-8-19)33(29,30)26-17-23(18-6-5-15-25-16-18)32(27,28)21-13-9-20(31-4)10-14-21/h5-16,23,26H,17H2,1-4H3. The molecule has 176 valence electrons. The molecule has 1 atom stereocenters. The lowest BCUT2D eigenvalue weighted by Gasteiger charge is -2.20. The van der Waals surface area contributed by atoms with Crippen LogP contribution in [0.3, 0.4) is 0 Å². The van der Waals surface area contributed by atoms with E-state index in [2.05, 4.69) is 9.71 Å². The van der Waals surface area contributed by atoms with Crippen molar-refractivity contribution in [1.82, 2.24) is 9.71 Å². The van der Waals surface area contributed by atoms with Gasteiger partial charge in [0.1, 0.15) is 11.0 Å². The SMILES string of the molecule is COc1ccc(S(=O)(=O)C(CNS(=O)(=O)c2ccc(C(C)(C)C)cc2)c2cccnc2)cc1. The summed E-state index contributed by atoms with van der Waals surface area (Å²) < 4.78 is 60.3. The number of nitrogens with one attached hydrogen (secondary N) is 1. The highest BCUT2D eigenvalue weighted by atomic mass is 32.2. The summed E-state index contributed by atoms with van der Waals surface area (Å²) in [4.78, 5) is 4.15. The Morgan fingerprint density at radius 1 is 0.909 bits per heavy atom. The fraction of sp³-hybridized carbons (Fsp3) is 0.292. The number of benzene rings is 2. The first-order chi connectivity index (χ1) is 15.4. The maximum absolute atomic E-state index is 13.4. The van der Waals surface area contributed by atoms with E-state index in [1.165, 1.54) is 43.8 Å². The van der Waals surface area contributed by atoms with Crippen molar-refractivity contribution in [2.45, 2.75) is 41.2 Å². The molecular formula is C24H28N2O5S2. The summed E-state index contributed by atoms with van der Waals surface area (Å²) in [6.07, 6.45) is 2.96. The maximum Gasteiger partial charge on any atom is 0.240 e. The number of aromatic nitrogens is 1. The van der Waals surface area contributed by atoms with Crippen LogP contribution in [-0.2, 0) is 25.3 Å². The highest BCUT2D eigenvalue weighted by molar-refractivity contribution is 7.92. The molecule has 0 bridgehead atoms. The van der Waals surface area contributed by atoms with Gasteiger partial charge in [-0.25, -0.2) is 21.6 Å². The second kappa shape index (κ2) is 9.62. The van der Waals surface area contributed by atoms with Gasteiger partial charge < -0.3 is 4.74 Å². The molecule has 3 rings (SSSR count). The van der Waals surface area contributed by atoms with E-state index in [-0.39, 0.29) is 21.8 Å². The van der Waals surface area contributed by atoms with E-state index in [9.17, 15) is 16.8 Å². The molecule has 1 heterocycles. The minimum Gasteiger partial charge on any atom is -0.497 e. The van der Waals surface area contributed by atoms with Crippen LogP contribution in [0, 0.1) is 0 Å². The zero-order chi connectivity index (χ0) is 24.3. The van der Waals surface area contributed by atoms with E-state index in [1.54, 1.807) is 36.4 Å². The van der Waals surface area contributed by atoms with Crippen LogP contribution in [0.2, 0.25) is 0 Å². The molecule has 0 aliphatic heterocycles. The van der Waals surface area contributed by atoms with Crippen molar-refractivity contribution in [3.8, 4) is 5.75 Å². The van der Waals surface area contributed by atoms with Gasteiger partial charge in [0.2, 0.25) is 10.0 Å². The fourth-order valence-electron chi connectivity index (χ4n) is 3.31. The molecule has 0 aliphatic rings. The summed E-state index contributed by atoms with van der Waals surface area (Å²) in [5.41, 5.74) is 1.27. The van der Waals surface area contributed by atoms with Gasteiger partial charge in [0, 0.05) is 18.9 Å². The van der Waals surface area contributed by atoms with E-state index in [1.807, 2.05) is 20.8 Å². The van der Waals surface area contributed by atoms with Crippen LogP contribution in [0.4, 0.5) is 0 Å². The molecule has 0 saturated heterocycles. The van der Waals surface area contributed by atoms with E-state index >= 15 is 0 Å². The summed E-state index contributed by atoms with van der Waals surface area (Å²) in [5.74, 6) is 0.520. The Labute approximate surface area is 195 Å². The monoisotopic (exact) mass is 488 g/mol.